The van der Waals surface area contributed by atoms with Crippen LogP contribution in [0.15, 0.2) is 59.5 Å². The number of aromatic amines is 1. The first-order chi connectivity index (χ1) is 17.0. The van der Waals surface area contributed by atoms with E-state index < -0.39 is 35.6 Å². The fourth-order valence-corrected chi connectivity index (χ4v) is 4.29. The van der Waals surface area contributed by atoms with Crippen LogP contribution in [0.2, 0.25) is 0 Å². The van der Waals surface area contributed by atoms with Crippen LogP contribution in [-0.4, -0.2) is 46.9 Å². The molecule has 0 unspecified atom stereocenters. The van der Waals surface area contributed by atoms with Gasteiger partial charge in [-0.05, 0) is 30.3 Å². The van der Waals surface area contributed by atoms with E-state index in [0.717, 1.165) is 5.69 Å². The van der Waals surface area contributed by atoms with E-state index in [-0.39, 0.29) is 23.6 Å². The summed E-state index contributed by atoms with van der Waals surface area (Å²) >= 11 is 0. The Hall–Kier alpha value is -4.48. The molecule has 35 heavy (non-hydrogen) atoms. The molecule has 1 N–H and O–H groups in total. The summed E-state index contributed by atoms with van der Waals surface area (Å²) in [5, 5.41) is 4.44. The molecular formula is C23H16F3N7O2. The molecule has 0 aromatic carbocycles. The van der Waals surface area contributed by atoms with Gasteiger partial charge in [0.05, 0.1) is 17.7 Å². The number of aromatic nitrogens is 6. The monoisotopic (exact) mass is 479 g/mol. The maximum Gasteiger partial charge on any atom is 0.292 e. The predicted octanol–water partition coefficient (Wildman–Crippen LogP) is 3.97. The van der Waals surface area contributed by atoms with Crippen molar-refractivity contribution in [1.29, 1.82) is 0 Å². The summed E-state index contributed by atoms with van der Waals surface area (Å²) < 4.78 is 49.0. The van der Waals surface area contributed by atoms with Crippen molar-refractivity contribution >= 4 is 11.4 Å². The molecule has 0 radical (unpaired) electrons. The first kappa shape index (κ1) is 21.1. The van der Waals surface area contributed by atoms with Crippen LogP contribution in [-0.2, 0) is 6.42 Å². The van der Waals surface area contributed by atoms with Crippen LogP contribution in [0.5, 0.6) is 0 Å². The van der Waals surface area contributed by atoms with Gasteiger partial charge in [0.1, 0.15) is 23.1 Å². The Bertz CT molecular complexity index is 1540. The molecular weight excluding hydrogens is 463 g/mol. The maximum absolute atomic E-state index is 14.4. The van der Waals surface area contributed by atoms with E-state index in [2.05, 4.69) is 25.0 Å². The number of imidazole rings is 1. The minimum absolute atomic E-state index is 0.164. The van der Waals surface area contributed by atoms with Gasteiger partial charge in [0.2, 0.25) is 11.7 Å². The molecule has 1 aliphatic rings. The molecule has 5 aromatic rings. The number of amides is 1. The van der Waals surface area contributed by atoms with Gasteiger partial charge in [0.25, 0.3) is 12.3 Å². The van der Waals surface area contributed by atoms with E-state index in [1.807, 2.05) is 0 Å². The van der Waals surface area contributed by atoms with Gasteiger partial charge in [-0.1, -0.05) is 6.07 Å². The quantitative estimate of drug-likeness (QED) is 0.418. The van der Waals surface area contributed by atoms with Crippen LogP contribution in [0, 0.1) is 5.82 Å². The van der Waals surface area contributed by atoms with E-state index >= 15 is 0 Å². The molecule has 0 fully saturated rings. The van der Waals surface area contributed by atoms with Crippen molar-refractivity contribution in [3.05, 3.63) is 89.5 Å². The fourth-order valence-electron chi connectivity index (χ4n) is 4.29. The smallest absolute Gasteiger partial charge is 0.292 e. The molecule has 0 aliphatic carbocycles. The highest BCUT2D eigenvalue weighted by Crippen LogP contribution is 2.36. The molecule has 9 nitrogen and oxygen atoms in total. The molecule has 0 spiro atoms. The first-order valence-corrected chi connectivity index (χ1v) is 10.7. The van der Waals surface area contributed by atoms with Crippen molar-refractivity contribution in [2.24, 2.45) is 0 Å². The lowest BCUT2D eigenvalue weighted by molar-refractivity contribution is 0.0640. The molecule has 1 amide bonds. The Morgan fingerprint density at radius 3 is 2.86 bits per heavy atom. The number of carbonyl (C=O) groups excluding carboxylic acids is 1. The van der Waals surface area contributed by atoms with E-state index in [0.29, 0.717) is 17.8 Å². The van der Waals surface area contributed by atoms with Crippen LogP contribution in [0.3, 0.4) is 0 Å². The molecule has 5 aromatic heterocycles. The minimum Gasteiger partial charge on any atom is -0.429 e. The summed E-state index contributed by atoms with van der Waals surface area (Å²) in [4.78, 5) is 30.3. The number of H-pyrrole nitrogens is 1. The molecule has 12 heteroatoms. The SMILES string of the molecule is O=C(c1oc(-c2ccccn2)nc1C(F)F)N1CCc2[nH]cnc2[C@@H]1c1cc2c(F)cccn2n1. The second-order valence-corrected chi connectivity index (χ2v) is 7.92. The van der Waals surface area contributed by atoms with E-state index in [1.54, 1.807) is 24.4 Å². The zero-order chi connectivity index (χ0) is 24.1. The van der Waals surface area contributed by atoms with Crippen molar-refractivity contribution in [2.75, 3.05) is 6.54 Å². The summed E-state index contributed by atoms with van der Waals surface area (Å²) in [7, 11) is 0. The zero-order valence-electron chi connectivity index (χ0n) is 17.9. The molecule has 0 saturated heterocycles. The van der Waals surface area contributed by atoms with Crippen LogP contribution in [0.25, 0.3) is 17.1 Å². The largest absolute Gasteiger partial charge is 0.429 e. The number of nitrogens with one attached hydrogen (secondary N) is 1. The fraction of sp³-hybridized carbons (Fsp3) is 0.174. The number of halogens is 3. The summed E-state index contributed by atoms with van der Waals surface area (Å²) in [5.74, 6) is -2.06. The van der Waals surface area contributed by atoms with Gasteiger partial charge in [0, 0.05) is 31.1 Å². The topological polar surface area (TPSA) is 105 Å². The van der Waals surface area contributed by atoms with Gasteiger partial charge in [-0.2, -0.15) is 5.10 Å². The Morgan fingerprint density at radius 2 is 2.09 bits per heavy atom. The average molecular weight is 479 g/mol. The van der Waals surface area contributed by atoms with Crippen molar-refractivity contribution in [2.45, 2.75) is 18.9 Å². The molecule has 6 rings (SSSR count). The third kappa shape index (κ3) is 3.45. The van der Waals surface area contributed by atoms with Crippen LogP contribution in [0.4, 0.5) is 13.2 Å². The van der Waals surface area contributed by atoms with Crippen molar-refractivity contribution in [3.8, 4) is 11.6 Å². The Balaban J connectivity index is 1.46. The normalized spacial score (nSPS) is 15.7. The number of hydrogen-bond donors (Lipinski definition) is 1. The summed E-state index contributed by atoms with van der Waals surface area (Å²) in [6.45, 7) is 0.164. The summed E-state index contributed by atoms with van der Waals surface area (Å²) in [6, 6.07) is 8.31. The molecule has 0 saturated carbocycles. The number of pyridine rings is 2. The van der Waals surface area contributed by atoms with Crippen LogP contribution >= 0.6 is 0 Å². The third-order valence-electron chi connectivity index (χ3n) is 5.87. The number of nitrogens with zero attached hydrogens (tertiary/aromatic N) is 6. The van der Waals surface area contributed by atoms with Crippen molar-refractivity contribution in [3.63, 3.8) is 0 Å². The highest BCUT2D eigenvalue weighted by Gasteiger charge is 2.40. The summed E-state index contributed by atoms with van der Waals surface area (Å²) in [6.07, 6.45) is 1.88. The number of fused-ring (bicyclic) bond motifs is 2. The highest BCUT2D eigenvalue weighted by atomic mass is 19.3. The Labute approximate surface area is 195 Å². The van der Waals surface area contributed by atoms with Crippen molar-refractivity contribution in [1.82, 2.24) is 34.4 Å². The standard InChI is InChI=1S/C23H16F3N7O2/c24-12-4-3-8-33-16(12)10-15(31-33)19-17-13(28-11-29-17)6-9-32(19)23(34)20-18(21(25)26)30-22(35-20)14-5-1-2-7-27-14/h1-5,7-8,10-11,19,21H,6,9H2,(H,28,29)/t19-/m0/s1. The maximum atomic E-state index is 14.4. The van der Waals surface area contributed by atoms with Gasteiger partial charge < -0.3 is 14.3 Å². The van der Waals surface area contributed by atoms with E-state index in [1.165, 1.54) is 40.1 Å². The molecule has 1 atom stereocenters. The van der Waals surface area contributed by atoms with E-state index in [9.17, 15) is 18.0 Å². The minimum atomic E-state index is -3.05. The van der Waals surface area contributed by atoms with Gasteiger partial charge in [-0.3, -0.25) is 9.78 Å². The third-order valence-corrected chi connectivity index (χ3v) is 5.87. The van der Waals surface area contributed by atoms with Gasteiger partial charge in [-0.15, -0.1) is 0 Å². The molecule has 0 bridgehead atoms. The van der Waals surface area contributed by atoms with Crippen LogP contribution < -0.4 is 0 Å². The van der Waals surface area contributed by atoms with Gasteiger partial charge in [-0.25, -0.2) is 27.7 Å². The Morgan fingerprint density at radius 1 is 1.20 bits per heavy atom. The second kappa shape index (κ2) is 8.08. The average Bonchev–Trinajstić information content (AvgIpc) is 3.61. The lowest BCUT2D eigenvalue weighted by Crippen LogP contribution is -2.41. The number of hydrogen-bond acceptors (Lipinski definition) is 6. The zero-order valence-corrected chi connectivity index (χ0v) is 17.9. The molecule has 6 heterocycles. The lowest BCUT2D eigenvalue weighted by Gasteiger charge is -2.33. The van der Waals surface area contributed by atoms with Crippen molar-refractivity contribution < 1.29 is 22.4 Å². The van der Waals surface area contributed by atoms with E-state index in [4.69, 9.17) is 4.42 Å². The molecule has 176 valence electrons. The number of oxazole rings is 1. The molecule has 1 aliphatic heterocycles. The first-order valence-electron chi connectivity index (χ1n) is 10.7. The van der Waals surface area contributed by atoms with Crippen LogP contribution in [0.1, 0.15) is 45.8 Å². The van der Waals surface area contributed by atoms with Gasteiger partial charge in [0.15, 0.2) is 5.69 Å². The second-order valence-electron chi connectivity index (χ2n) is 7.92. The number of carbonyl (C=O) groups is 1. The predicted molar refractivity (Wildman–Crippen MR) is 115 cm³/mol. The van der Waals surface area contributed by atoms with Gasteiger partial charge >= 0.3 is 0 Å². The highest BCUT2D eigenvalue weighted by molar-refractivity contribution is 5.93. The lowest BCUT2D eigenvalue weighted by atomic mass is 9.99. The number of rotatable bonds is 4. The summed E-state index contributed by atoms with van der Waals surface area (Å²) in [5.41, 5.74) is 1.26. The Kier molecular flexibility index (Phi) is 4.87. The number of alkyl halides is 2.